The van der Waals surface area contributed by atoms with Gasteiger partial charge < -0.3 is 4.57 Å². The average Bonchev–Trinajstić information content (AvgIpc) is 3.67. The first kappa shape index (κ1) is 35.4. The molecule has 282 valence electrons. The fourth-order valence-corrected chi connectivity index (χ4v) is 9.38. The predicted octanol–water partition coefficient (Wildman–Crippen LogP) is 15.8. The minimum atomic E-state index is -0.0892. The van der Waals surface area contributed by atoms with E-state index in [1.165, 1.54) is 99.5 Å². The second kappa shape index (κ2) is 15.2. The molecular formula is C59H41N. The molecule has 11 rings (SSSR count). The predicted molar refractivity (Wildman–Crippen MR) is 254 cm³/mol. The molecule has 1 unspecified atom stereocenters. The van der Waals surface area contributed by atoms with E-state index in [0.717, 1.165) is 0 Å². The number of aromatic nitrogens is 1. The van der Waals surface area contributed by atoms with E-state index in [1.54, 1.807) is 0 Å². The van der Waals surface area contributed by atoms with Crippen LogP contribution in [0, 0.1) is 0 Å². The van der Waals surface area contributed by atoms with Gasteiger partial charge >= 0.3 is 0 Å². The molecule has 1 atom stereocenters. The van der Waals surface area contributed by atoms with Crippen LogP contribution in [0.3, 0.4) is 0 Å². The molecule has 0 saturated heterocycles. The summed E-state index contributed by atoms with van der Waals surface area (Å²) in [7, 11) is 0. The lowest BCUT2D eigenvalue weighted by Gasteiger charge is -2.25. The first-order chi connectivity index (χ1) is 29.8. The SMILES string of the molecule is c1ccc(-c2cc(-c3ccccc3)cc(C(c3ccc(-c4cccc5cccc(-c6ccccc6)c45)cc3)c3ccccc3-n3c4ccccc4c4ccccc43)c2)cc1. The summed E-state index contributed by atoms with van der Waals surface area (Å²) in [5, 5.41) is 5.02. The van der Waals surface area contributed by atoms with Gasteiger partial charge in [0.25, 0.3) is 0 Å². The molecule has 11 aromatic rings. The van der Waals surface area contributed by atoms with Crippen LogP contribution in [0.5, 0.6) is 0 Å². The zero-order valence-electron chi connectivity index (χ0n) is 33.1. The van der Waals surface area contributed by atoms with Gasteiger partial charge in [0.15, 0.2) is 0 Å². The molecule has 1 heterocycles. The Balaban J connectivity index is 1.15. The Morgan fingerprint density at radius 3 is 1.33 bits per heavy atom. The second-order valence-corrected chi connectivity index (χ2v) is 15.6. The van der Waals surface area contributed by atoms with E-state index >= 15 is 0 Å². The molecular weight excluding hydrogens is 723 g/mol. The minimum Gasteiger partial charge on any atom is -0.309 e. The first-order valence-electron chi connectivity index (χ1n) is 20.8. The van der Waals surface area contributed by atoms with Gasteiger partial charge in [0, 0.05) is 16.7 Å². The van der Waals surface area contributed by atoms with Crippen LogP contribution >= 0.6 is 0 Å². The van der Waals surface area contributed by atoms with E-state index in [-0.39, 0.29) is 5.92 Å². The summed E-state index contributed by atoms with van der Waals surface area (Å²) < 4.78 is 2.47. The molecule has 0 aliphatic carbocycles. The highest BCUT2D eigenvalue weighted by Crippen LogP contribution is 2.43. The molecule has 1 aromatic heterocycles. The van der Waals surface area contributed by atoms with Gasteiger partial charge in [-0.15, -0.1) is 0 Å². The fourth-order valence-electron chi connectivity index (χ4n) is 9.38. The molecule has 10 aromatic carbocycles. The molecule has 1 heteroatoms. The Morgan fingerprint density at radius 2 is 0.767 bits per heavy atom. The van der Waals surface area contributed by atoms with Crippen molar-refractivity contribution in [3.8, 4) is 50.2 Å². The van der Waals surface area contributed by atoms with Crippen molar-refractivity contribution in [1.29, 1.82) is 0 Å². The van der Waals surface area contributed by atoms with Crippen molar-refractivity contribution in [2.24, 2.45) is 0 Å². The molecule has 0 aliphatic rings. The van der Waals surface area contributed by atoms with Crippen molar-refractivity contribution in [3.05, 3.63) is 259 Å². The lowest BCUT2D eigenvalue weighted by atomic mass is 9.81. The highest BCUT2D eigenvalue weighted by atomic mass is 15.0. The number of rotatable bonds is 8. The van der Waals surface area contributed by atoms with Crippen molar-refractivity contribution in [1.82, 2.24) is 4.57 Å². The van der Waals surface area contributed by atoms with Crippen molar-refractivity contribution in [2.45, 2.75) is 5.92 Å². The van der Waals surface area contributed by atoms with Crippen molar-refractivity contribution in [2.75, 3.05) is 0 Å². The van der Waals surface area contributed by atoms with E-state index in [4.69, 9.17) is 0 Å². The van der Waals surface area contributed by atoms with Crippen molar-refractivity contribution < 1.29 is 0 Å². The Morgan fingerprint density at radius 1 is 0.300 bits per heavy atom. The van der Waals surface area contributed by atoms with Gasteiger partial charge in [-0.1, -0.05) is 218 Å². The van der Waals surface area contributed by atoms with E-state index in [1.807, 2.05) is 0 Å². The lowest BCUT2D eigenvalue weighted by Crippen LogP contribution is -2.09. The number of fused-ring (bicyclic) bond motifs is 4. The normalized spacial score (nSPS) is 11.9. The van der Waals surface area contributed by atoms with E-state index < -0.39 is 0 Å². The van der Waals surface area contributed by atoms with Crippen LogP contribution in [0.2, 0.25) is 0 Å². The van der Waals surface area contributed by atoms with Crippen molar-refractivity contribution in [3.63, 3.8) is 0 Å². The zero-order chi connectivity index (χ0) is 39.8. The summed E-state index contributed by atoms with van der Waals surface area (Å²) in [6.45, 7) is 0. The van der Waals surface area contributed by atoms with Gasteiger partial charge in [0.05, 0.1) is 16.7 Å². The minimum absolute atomic E-state index is 0.0892. The number of para-hydroxylation sites is 3. The Labute approximate surface area is 351 Å². The van der Waals surface area contributed by atoms with Crippen LogP contribution < -0.4 is 0 Å². The lowest BCUT2D eigenvalue weighted by molar-refractivity contribution is 0.954. The van der Waals surface area contributed by atoms with Gasteiger partial charge in [0.2, 0.25) is 0 Å². The summed E-state index contributed by atoms with van der Waals surface area (Å²) in [4.78, 5) is 0. The molecule has 0 amide bonds. The Bertz CT molecular complexity index is 3170. The fraction of sp³-hybridized carbons (Fsp3) is 0.0169. The third kappa shape index (κ3) is 6.29. The number of benzene rings is 10. The van der Waals surface area contributed by atoms with Gasteiger partial charge in [0.1, 0.15) is 0 Å². The molecule has 0 radical (unpaired) electrons. The van der Waals surface area contributed by atoms with Crippen molar-refractivity contribution >= 4 is 32.6 Å². The molecule has 0 spiro atoms. The quantitative estimate of drug-likeness (QED) is 0.136. The summed E-state index contributed by atoms with van der Waals surface area (Å²) in [6, 6.07) is 88.9. The van der Waals surface area contributed by atoms with Crippen LogP contribution in [0.1, 0.15) is 22.6 Å². The topological polar surface area (TPSA) is 4.93 Å². The smallest absolute Gasteiger partial charge is 0.0541 e. The van der Waals surface area contributed by atoms with Crippen LogP contribution in [-0.4, -0.2) is 4.57 Å². The maximum Gasteiger partial charge on any atom is 0.0541 e. The Kier molecular flexibility index (Phi) is 8.98. The van der Waals surface area contributed by atoms with Gasteiger partial charge in [-0.2, -0.15) is 0 Å². The van der Waals surface area contributed by atoms with E-state index in [2.05, 4.69) is 247 Å². The molecule has 0 aliphatic heterocycles. The largest absolute Gasteiger partial charge is 0.309 e. The number of nitrogens with zero attached hydrogens (tertiary/aromatic N) is 1. The van der Waals surface area contributed by atoms with E-state index in [9.17, 15) is 0 Å². The van der Waals surface area contributed by atoms with Crippen LogP contribution in [-0.2, 0) is 0 Å². The molecule has 1 nitrogen and oxygen atoms in total. The molecule has 0 bridgehead atoms. The maximum absolute atomic E-state index is 2.47. The standard InChI is InChI=1S/C59H41N/c1-4-18-41(19-5-1)47-38-48(42-20-6-2-7-21-42)40-49(39-47)58(54-28-12-15-33-57(54)60-55-31-13-10-26-52(55)53-27-11-14-32-56(53)60)46-36-34-44(35-37-46)51-30-17-25-45-24-16-29-50(59(45)51)43-22-8-3-9-23-43/h1-40,58H. The molecule has 0 fully saturated rings. The monoisotopic (exact) mass is 763 g/mol. The highest BCUT2D eigenvalue weighted by Gasteiger charge is 2.24. The summed E-state index contributed by atoms with van der Waals surface area (Å²) in [5.74, 6) is -0.0892. The number of hydrogen-bond acceptors (Lipinski definition) is 0. The number of hydrogen-bond donors (Lipinski definition) is 0. The molecule has 0 N–H and O–H groups in total. The van der Waals surface area contributed by atoms with Gasteiger partial charge in [-0.3, -0.25) is 0 Å². The van der Waals surface area contributed by atoms with Crippen LogP contribution in [0.4, 0.5) is 0 Å². The molecule has 60 heavy (non-hydrogen) atoms. The summed E-state index contributed by atoms with van der Waals surface area (Å²) in [5.41, 5.74) is 17.0. The molecule has 0 saturated carbocycles. The maximum atomic E-state index is 2.47. The van der Waals surface area contributed by atoms with Gasteiger partial charge in [-0.25, -0.2) is 0 Å². The summed E-state index contributed by atoms with van der Waals surface area (Å²) in [6.07, 6.45) is 0. The van der Waals surface area contributed by atoms with Gasteiger partial charge in [-0.05, 0) is 96.2 Å². The zero-order valence-corrected chi connectivity index (χ0v) is 33.1. The first-order valence-corrected chi connectivity index (χ1v) is 20.8. The summed E-state index contributed by atoms with van der Waals surface area (Å²) >= 11 is 0. The third-order valence-electron chi connectivity index (χ3n) is 12.1. The third-order valence-corrected chi connectivity index (χ3v) is 12.1. The average molecular weight is 764 g/mol. The Hall–Kier alpha value is -7.74. The second-order valence-electron chi connectivity index (χ2n) is 15.6. The van der Waals surface area contributed by atoms with Crippen LogP contribution in [0.25, 0.3) is 82.8 Å². The van der Waals surface area contributed by atoms with E-state index in [0.29, 0.717) is 0 Å². The highest BCUT2D eigenvalue weighted by molar-refractivity contribution is 6.09. The van der Waals surface area contributed by atoms with Crippen LogP contribution in [0.15, 0.2) is 243 Å².